The second-order valence-corrected chi connectivity index (χ2v) is 21.0. The smallest absolute Gasteiger partial charge is 0.251 e. The summed E-state index contributed by atoms with van der Waals surface area (Å²) in [6.07, 6.45) is 7.90. The molecule has 0 radical (unpaired) electrons. The van der Waals surface area contributed by atoms with Crippen molar-refractivity contribution in [1.29, 1.82) is 0 Å². The molecule has 0 bridgehead atoms. The number of amides is 3. The number of nitrogens with zero attached hydrogens (tertiary/aromatic N) is 6. The Hall–Kier alpha value is -5.36. The number of likely N-dealkylation sites (tertiary alicyclic amines) is 2. The molecule has 1 unspecified atom stereocenters. The molecule has 346 valence electrons. The van der Waals surface area contributed by atoms with Crippen molar-refractivity contribution in [2.75, 3.05) is 54.8 Å². The molecule has 2 aromatic heterocycles. The molecule has 1 atom stereocenters. The summed E-state index contributed by atoms with van der Waals surface area (Å²) in [6, 6.07) is 15.3. The normalized spacial score (nSPS) is 19.6. The molecule has 16 nitrogen and oxygen atoms in total. The molecule has 65 heavy (non-hydrogen) atoms. The lowest BCUT2D eigenvalue weighted by Gasteiger charge is -2.50. The number of piperidine rings is 3. The van der Waals surface area contributed by atoms with Crippen molar-refractivity contribution in [2.45, 2.75) is 113 Å². The van der Waals surface area contributed by atoms with Gasteiger partial charge in [-0.3, -0.25) is 24.6 Å². The van der Waals surface area contributed by atoms with Gasteiger partial charge in [0.1, 0.15) is 27.5 Å². The number of imide groups is 1. The third-order valence-corrected chi connectivity index (χ3v) is 15.5. The Morgan fingerprint density at radius 2 is 1.57 bits per heavy atom. The number of halogens is 1. The van der Waals surface area contributed by atoms with E-state index in [4.69, 9.17) is 16.3 Å². The molecular formula is C47H59ClN10O6S. The molecule has 4 saturated heterocycles. The third kappa shape index (κ3) is 10.5. The summed E-state index contributed by atoms with van der Waals surface area (Å²) in [6.45, 7) is 15.6. The summed E-state index contributed by atoms with van der Waals surface area (Å²) >= 11 is 6.51. The van der Waals surface area contributed by atoms with E-state index in [-0.39, 0.29) is 51.8 Å². The number of carbonyl (C=O) groups excluding carboxylic acids is 3. The Balaban J connectivity index is 0.828. The van der Waals surface area contributed by atoms with Crippen LogP contribution in [0.3, 0.4) is 0 Å². The number of aryl methyl sites for hydroxylation is 1. The average Bonchev–Trinajstić information content (AvgIpc) is 3.26. The first-order chi connectivity index (χ1) is 31.1. The van der Waals surface area contributed by atoms with E-state index >= 15 is 0 Å². The van der Waals surface area contributed by atoms with Gasteiger partial charge in [0.05, 0.1) is 23.2 Å². The molecule has 0 spiro atoms. The van der Waals surface area contributed by atoms with Gasteiger partial charge in [0, 0.05) is 62.1 Å². The Morgan fingerprint density at radius 3 is 2.25 bits per heavy atom. The number of hydrogen-bond acceptors (Lipinski definition) is 14. The van der Waals surface area contributed by atoms with Crippen LogP contribution in [0.1, 0.15) is 93.6 Å². The summed E-state index contributed by atoms with van der Waals surface area (Å²) in [4.78, 5) is 57.4. The second kappa shape index (κ2) is 19.6. The summed E-state index contributed by atoms with van der Waals surface area (Å²) in [7, 11) is -3.63. The van der Waals surface area contributed by atoms with Crippen molar-refractivity contribution in [3.63, 3.8) is 0 Å². The van der Waals surface area contributed by atoms with Crippen LogP contribution in [0.2, 0.25) is 5.02 Å². The van der Waals surface area contributed by atoms with E-state index in [1.165, 1.54) is 24.0 Å². The van der Waals surface area contributed by atoms with Gasteiger partial charge in [0.25, 0.3) is 5.91 Å². The van der Waals surface area contributed by atoms with Gasteiger partial charge in [-0.1, -0.05) is 11.6 Å². The highest BCUT2D eigenvalue weighted by atomic mass is 35.5. The van der Waals surface area contributed by atoms with Gasteiger partial charge in [-0.25, -0.2) is 18.4 Å². The van der Waals surface area contributed by atoms with Crippen LogP contribution in [0.4, 0.5) is 29.0 Å². The number of ether oxygens (including phenoxy) is 1. The molecule has 4 aliphatic heterocycles. The highest BCUT2D eigenvalue weighted by Crippen LogP contribution is 2.39. The first-order valence-electron chi connectivity index (χ1n) is 22.7. The van der Waals surface area contributed by atoms with Crippen LogP contribution in [-0.2, 0) is 19.4 Å². The van der Waals surface area contributed by atoms with Crippen LogP contribution >= 0.6 is 11.6 Å². The Bertz CT molecular complexity index is 2500. The van der Waals surface area contributed by atoms with E-state index in [1.54, 1.807) is 32.0 Å². The summed E-state index contributed by atoms with van der Waals surface area (Å²) in [5.41, 5.74) is 4.73. The second-order valence-electron chi connectivity index (χ2n) is 18.1. The van der Waals surface area contributed by atoms with Gasteiger partial charge in [0.15, 0.2) is 15.7 Å². The quantitative estimate of drug-likeness (QED) is 0.102. The molecule has 4 aromatic rings. The molecule has 18 heteroatoms. The lowest BCUT2D eigenvalue weighted by atomic mass is 9.85. The number of sulfone groups is 1. The maximum Gasteiger partial charge on any atom is 0.251 e. The zero-order valence-corrected chi connectivity index (χ0v) is 39.2. The molecule has 6 heterocycles. The van der Waals surface area contributed by atoms with E-state index < -0.39 is 27.0 Å². The SMILES string of the molecule is Cc1cc(Nc2ncc(Cl)c(Nc3ncccc3S(=O)(=O)C(C)C)n2)c(OC(C)C)cc1C1CCN(C2CCN(C3CN(c4ccc(C(=O)NC5CCC(=O)NC5=O)cc4)C3)CC2)CC1. The number of pyridine rings is 1. The maximum atomic E-state index is 13.1. The lowest BCUT2D eigenvalue weighted by Crippen LogP contribution is -2.62. The van der Waals surface area contributed by atoms with E-state index in [2.05, 4.69) is 70.0 Å². The summed E-state index contributed by atoms with van der Waals surface area (Å²) in [5.74, 6) is 0.647. The first kappa shape index (κ1) is 46.2. The van der Waals surface area contributed by atoms with Crippen LogP contribution < -0.4 is 30.9 Å². The number of aromatic nitrogens is 3. The topological polar surface area (TPSA) is 191 Å². The minimum atomic E-state index is -3.63. The van der Waals surface area contributed by atoms with E-state index in [9.17, 15) is 22.8 Å². The van der Waals surface area contributed by atoms with Crippen molar-refractivity contribution < 1.29 is 27.5 Å². The van der Waals surface area contributed by atoms with E-state index in [1.807, 2.05) is 26.0 Å². The van der Waals surface area contributed by atoms with Crippen molar-refractivity contribution in [2.24, 2.45) is 0 Å². The van der Waals surface area contributed by atoms with Crippen molar-refractivity contribution in [3.8, 4) is 5.75 Å². The van der Waals surface area contributed by atoms with Gasteiger partial charge in [-0.2, -0.15) is 4.98 Å². The van der Waals surface area contributed by atoms with Gasteiger partial charge in [0.2, 0.25) is 17.8 Å². The van der Waals surface area contributed by atoms with Gasteiger partial charge in [-0.15, -0.1) is 0 Å². The number of benzene rings is 2. The standard InChI is InChI=1S/C47H59ClN10O6S/c1-28(2)64-40-24-36(30(5)23-39(40)52-47-50-25-37(48)43(55-47)54-44-41(7-6-18-49-44)65(62,63)29(3)4)31-14-19-56(20-15-31)34-16-21-57(22-17-34)35-26-58(27-35)33-10-8-32(9-11-33)45(60)51-38-12-13-42(59)53-46(38)61/h6-11,18,23-25,28-29,31,34-35,38H,12-17,19-22,26-27H2,1-5H3,(H,51,60)(H,53,59,61)(H2,49,50,52,54,55). The fourth-order valence-electron chi connectivity index (χ4n) is 9.29. The summed E-state index contributed by atoms with van der Waals surface area (Å²) in [5, 5.41) is 11.0. The molecule has 8 rings (SSSR count). The zero-order chi connectivity index (χ0) is 46.0. The number of nitrogens with one attached hydrogen (secondary N) is 4. The number of rotatable bonds is 14. The van der Waals surface area contributed by atoms with Gasteiger partial charge in [-0.05, 0) is 145 Å². The molecule has 4 aliphatic rings. The van der Waals surface area contributed by atoms with Crippen LogP contribution in [0, 0.1) is 6.92 Å². The minimum absolute atomic E-state index is 0.0646. The Morgan fingerprint density at radius 1 is 0.877 bits per heavy atom. The first-order valence-corrected chi connectivity index (χ1v) is 24.6. The number of hydrogen-bond donors (Lipinski definition) is 4. The predicted molar refractivity (Wildman–Crippen MR) is 251 cm³/mol. The maximum absolute atomic E-state index is 13.1. The molecule has 2 aromatic carbocycles. The van der Waals surface area contributed by atoms with Crippen molar-refractivity contribution in [3.05, 3.63) is 82.6 Å². The monoisotopic (exact) mass is 926 g/mol. The van der Waals surface area contributed by atoms with Crippen LogP contribution in [0.25, 0.3) is 0 Å². The van der Waals surface area contributed by atoms with Gasteiger partial charge >= 0.3 is 0 Å². The Labute approximate surface area is 386 Å². The molecule has 3 amide bonds. The van der Waals surface area contributed by atoms with E-state index in [0.29, 0.717) is 35.7 Å². The molecular weight excluding hydrogens is 868 g/mol. The van der Waals surface area contributed by atoms with Crippen molar-refractivity contribution >= 4 is 68.1 Å². The molecule has 4 fully saturated rings. The highest BCUT2D eigenvalue weighted by Gasteiger charge is 2.37. The predicted octanol–water partition coefficient (Wildman–Crippen LogP) is 6.36. The highest BCUT2D eigenvalue weighted by molar-refractivity contribution is 7.92. The average molecular weight is 928 g/mol. The molecule has 4 N–H and O–H groups in total. The van der Waals surface area contributed by atoms with Gasteiger partial charge < -0.3 is 30.5 Å². The fourth-order valence-corrected chi connectivity index (χ4v) is 10.6. The van der Waals surface area contributed by atoms with E-state index in [0.717, 1.165) is 81.9 Å². The van der Waals surface area contributed by atoms with Crippen molar-refractivity contribution in [1.82, 2.24) is 35.4 Å². The Kier molecular flexibility index (Phi) is 13.9. The van der Waals surface area contributed by atoms with Crippen LogP contribution in [0.5, 0.6) is 5.75 Å². The largest absolute Gasteiger partial charge is 0.489 e. The minimum Gasteiger partial charge on any atom is -0.489 e. The molecule has 0 aliphatic carbocycles. The zero-order valence-electron chi connectivity index (χ0n) is 37.6. The van der Waals surface area contributed by atoms with Crippen LogP contribution in [-0.4, -0.2) is 120 Å². The fraction of sp³-hybridized carbons (Fsp3) is 0.489. The third-order valence-electron chi connectivity index (χ3n) is 13.1. The number of carbonyl (C=O) groups is 3. The lowest BCUT2D eigenvalue weighted by molar-refractivity contribution is -0.134. The number of anilines is 5. The molecule has 0 saturated carbocycles. The van der Waals surface area contributed by atoms with Crippen LogP contribution in [0.15, 0.2) is 65.8 Å². The summed E-state index contributed by atoms with van der Waals surface area (Å²) < 4.78 is 32.5.